The van der Waals surface area contributed by atoms with E-state index in [1.54, 1.807) is 0 Å². The van der Waals surface area contributed by atoms with E-state index < -0.39 is 23.8 Å². The van der Waals surface area contributed by atoms with E-state index in [2.05, 4.69) is 25.3 Å². The molecule has 1 saturated carbocycles. The van der Waals surface area contributed by atoms with Gasteiger partial charge in [-0.05, 0) is 31.0 Å². The number of carbonyl (C=O) groups is 1. The summed E-state index contributed by atoms with van der Waals surface area (Å²) in [5.41, 5.74) is 0.965. The van der Waals surface area contributed by atoms with Crippen LogP contribution in [0.2, 0.25) is 0 Å². The van der Waals surface area contributed by atoms with Gasteiger partial charge in [-0.3, -0.25) is 4.79 Å². The molecule has 4 aromatic heterocycles. The number of alkyl halides is 3. The predicted octanol–water partition coefficient (Wildman–Crippen LogP) is 3.12. The average molecular weight is 443 g/mol. The summed E-state index contributed by atoms with van der Waals surface area (Å²) in [6.45, 7) is 0.292. The van der Waals surface area contributed by atoms with E-state index in [-0.39, 0.29) is 23.0 Å². The predicted molar refractivity (Wildman–Crippen MR) is 102 cm³/mol. The third-order valence-corrected chi connectivity index (χ3v) is 5.81. The fourth-order valence-electron chi connectivity index (χ4n) is 4.12. The molecule has 1 atom stereocenters. The van der Waals surface area contributed by atoms with Crippen LogP contribution in [-0.4, -0.2) is 47.1 Å². The number of hydrogen-bond donors (Lipinski definition) is 1. The summed E-state index contributed by atoms with van der Waals surface area (Å²) in [4.78, 5) is 22.1. The number of nitrogens with one attached hydrogen (secondary N) is 1. The van der Waals surface area contributed by atoms with E-state index in [0.717, 1.165) is 29.1 Å². The van der Waals surface area contributed by atoms with E-state index in [9.17, 15) is 18.0 Å². The standard InChI is InChI=1S/C20H16F3N7O2/c21-20(22,23)14-3-1-2-11-8-13(28-30(11)14)16-15-12(24-9-25-15)6-7-29(16)19(31)18-27-26-17(32-18)10-4-5-10/h1-3,8-10,16H,4-7H2,(H,24,25)/t16-/m0/s1. The fourth-order valence-corrected chi connectivity index (χ4v) is 4.12. The first-order valence-electron chi connectivity index (χ1n) is 10.1. The Morgan fingerprint density at radius 3 is 2.84 bits per heavy atom. The number of nitrogens with zero attached hydrogens (tertiary/aromatic N) is 6. The number of fused-ring (bicyclic) bond motifs is 2. The van der Waals surface area contributed by atoms with E-state index in [0.29, 0.717) is 24.6 Å². The number of H-pyrrole nitrogens is 1. The highest BCUT2D eigenvalue weighted by molar-refractivity contribution is 5.90. The van der Waals surface area contributed by atoms with Crippen molar-refractivity contribution in [1.29, 1.82) is 0 Å². The summed E-state index contributed by atoms with van der Waals surface area (Å²) < 4.78 is 46.9. The Balaban J connectivity index is 1.45. The van der Waals surface area contributed by atoms with Crippen molar-refractivity contribution in [2.45, 2.75) is 37.4 Å². The summed E-state index contributed by atoms with van der Waals surface area (Å²) in [7, 11) is 0. The van der Waals surface area contributed by atoms with Crippen LogP contribution in [0.15, 0.2) is 35.0 Å². The smallest absolute Gasteiger partial charge is 0.417 e. The van der Waals surface area contributed by atoms with Crippen molar-refractivity contribution >= 4 is 11.4 Å². The molecular weight excluding hydrogens is 427 g/mol. The van der Waals surface area contributed by atoms with Crippen LogP contribution in [0.4, 0.5) is 13.2 Å². The molecule has 32 heavy (non-hydrogen) atoms. The first kappa shape index (κ1) is 19.0. The third kappa shape index (κ3) is 2.97. The number of carbonyl (C=O) groups excluding carboxylic acids is 1. The summed E-state index contributed by atoms with van der Waals surface area (Å²) in [5.74, 6) is -0.0185. The molecule has 1 amide bonds. The maximum Gasteiger partial charge on any atom is 0.433 e. The number of rotatable bonds is 3. The van der Waals surface area contributed by atoms with Crippen molar-refractivity contribution < 1.29 is 22.4 Å². The number of aromatic nitrogens is 6. The minimum atomic E-state index is -4.58. The molecule has 2 aliphatic rings. The maximum absolute atomic E-state index is 13.5. The summed E-state index contributed by atoms with van der Waals surface area (Å²) in [6, 6.07) is 4.56. The molecule has 1 aliphatic heterocycles. The normalized spacial score (nSPS) is 18.8. The van der Waals surface area contributed by atoms with Gasteiger partial charge in [0.05, 0.1) is 23.2 Å². The molecular formula is C20H16F3N7O2. The van der Waals surface area contributed by atoms with Crippen LogP contribution in [0.25, 0.3) is 5.52 Å². The Bertz CT molecular complexity index is 1330. The Morgan fingerprint density at radius 2 is 2.06 bits per heavy atom. The van der Waals surface area contributed by atoms with Gasteiger partial charge in [-0.25, -0.2) is 9.50 Å². The second kappa shape index (κ2) is 6.65. The van der Waals surface area contributed by atoms with E-state index >= 15 is 0 Å². The van der Waals surface area contributed by atoms with Gasteiger partial charge in [-0.1, -0.05) is 6.07 Å². The van der Waals surface area contributed by atoms with Crippen LogP contribution < -0.4 is 0 Å². The number of imidazole rings is 1. The second-order valence-corrected chi connectivity index (χ2v) is 7.95. The second-order valence-electron chi connectivity index (χ2n) is 7.95. The van der Waals surface area contributed by atoms with Gasteiger partial charge in [0.1, 0.15) is 11.7 Å². The Kier molecular flexibility index (Phi) is 3.95. The van der Waals surface area contributed by atoms with Crippen LogP contribution in [0.1, 0.15) is 64.2 Å². The molecule has 0 saturated heterocycles. The summed E-state index contributed by atoms with van der Waals surface area (Å²) in [5, 5.41) is 12.1. The van der Waals surface area contributed by atoms with Gasteiger partial charge < -0.3 is 14.3 Å². The van der Waals surface area contributed by atoms with Gasteiger partial charge >= 0.3 is 18.0 Å². The van der Waals surface area contributed by atoms with Crippen molar-refractivity contribution in [3.8, 4) is 0 Å². The summed E-state index contributed by atoms with van der Waals surface area (Å²) in [6.07, 6.45) is -0.683. The van der Waals surface area contributed by atoms with Crippen LogP contribution in [0.5, 0.6) is 0 Å². The third-order valence-electron chi connectivity index (χ3n) is 5.81. The van der Waals surface area contributed by atoms with Crippen LogP contribution in [0, 0.1) is 0 Å². The van der Waals surface area contributed by atoms with Crippen molar-refractivity contribution in [1.82, 2.24) is 34.7 Å². The molecule has 0 bridgehead atoms. The molecule has 0 aromatic carbocycles. The highest BCUT2D eigenvalue weighted by Crippen LogP contribution is 2.40. The first-order valence-corrected chi connectivity index (χ1v) is 10.1. The zero-order chi connectivity index (χ0) is 22.0. The summed E-state index contributed by atoms with van der Waals surface area (Å²) >= 11 is 0. The van der Waals surface area contributed by atoms with E-state index in [1.807, 2.05) is 0 Å². The van der Waals surface area contributed by atoms with Crippen molar-refractivity contribution in [2.75, 3.05) is 6.54 Å². The lowest BCUT2D eigenvalue weighted by molar-refractivity contribution is -0.142. The molecule has 9 nitrogen and oxygen atoms in total. The molecule has 5 heterocycles. The zero-order valence-electron chi connectivity index (χ0n) is 16.5. The molecule has 1 fully saturated rings. The van der Waals surface area contributed by atoms with Crippen molar-refractivity contribution in [2.24, 2.45) is 0 Å². The molecule has 0 unspecified atom stereocenters. The van der Waals surface area contributed by atoms with Gasteiger partial charge in [-0.2, -0.15) is 18.3 Å². The number of aromatic amines is 1. The Labute approximate surface area is 178 Å². The molecule has 0 radical (unpaired) electrons. The van der Waals surface area contributed by atoms with Crippen LogP contribution in [0.3, 0.4) is 0 Å². The van der Waals surface area contributed by atoms with E-state index in [4.69, 9.17) is 4.42 Å². The lowest BCUT2D eigenvalue weighted by Gasteiger charge is -2.32. The Hall–Kier alpha value is -3.70. The van der Waals surface area contributed by atoms with Crippen LogP contribution >= 0.6 is 0 Å². The number of amides is 1. The fraction of sp³-hybridized carbons (Fsp3) is 0.350. The highest BCUT2D eigenvalue weighted by Gasteiger charge is 2.40. The minimum Gasteiger partial charge on any atom is -0.417 e. The number of pyridine rings is 1. The van der Waals surface area contributed by atoms with Gasteiger partial charge in [0.25, 0.3) is 0 Å². The van der Waals surface area contributed by atoms with Crippen LogP contribution in [-0.2, 0) is 12.6 Å². The van der Waals surface area contributed by atoms with Crippen molar-refractivity contribution in [3.05, 3.63) is 65.1 Å². The largest absolute Gasteiger partial charge is 0.433 e. The zero-order valence-corrected chi connectivity index (χ0v) is 16.5. The maximum atomic E-state index is 13.5. The number of halogens is 3. The molecule has 12 heteroatoms. The average Bonchev–Trinajstić information content (AvgIpc) is 3.18. The van der Waals surface area contributed by atoms with Crippen molar-refractivity contribution in [3.63, 3.8) is 0 Å². The molecule has 1 N–H and O–H groups in total. The minimum absolute atomic E-state index is 0.143. The number of hydrogen-bond acceptors (Lipinski definition) is 6. The first-order chi connectivity index (χ1) is 15.4. The van der Waals surface area contributed by atoms with Gasteiger partial charge in [0.2, 0.25) is 5.89 Å². The van der Waals surface area contributed by atoms with E-state index in [1.165, 1.54) is 29.4 Å². The Morgan fingerprint density at radius 1 is 1.22 bits per heavy atom. The lowest BCUT2D eigenvalue weighted by Crippen LogP contribution is -2.41. The molecule has 4 aromatic rings. The quantitative estimate of drug-likeness (QED) is 0.522. The molecule has 0 spiro atoms. The molecule has 164 valence electrons. The highest BCUT2D eigenvalue weighted by atomic mass is 19.4. The topological polar surface area (TPSA) is 105 Å². The lowest BCUT2D eigenvalue weighted by atomic mass is 9.99. The SMILES string of the molecule is O=C(c1nnc(C2CC2)o1)N1CCc2[nH]cnc2[C@@H]1c1cc2cccc(C(F)(F)F)n2n1. The molecule has 1 aliphatic carbocycles. The molecule has 6 rings (SSSR count). The van der Waals surface area contributed by atoms with Gasteiger partial charge in [-0.15, -0.1) is 10.2 Å². The monoisotopic (exact) mass is 443 g/mol. The van der Waals surface area contributed by atoms with Gasteiger partial charge in [0.15, 0.2) is 0 Å². The van der Waals surface area contributed by atoms with Gasteiger partial charge in [0, 0.05) is 24.6 Å².